The molecule has 90 valence electrons. The third-order valence-electron chi connectivity index (χ3n) is 2.42. The summed E-state index contributed by atoms with van der Waals surface area (Å²) in [4.78, 5) is 1.02. The Morgan fingerprint density at radius 3 is 2.59 bits per heavy atom. The second-order valence-corrected chi connectivity index (χ2v) is 5.86. The maximum Gasteiger partial charge on any atom is 0.129 e. The SMILES string of the molecule is NC(Cc1ccc(Cl)s1)c1c(F)cccc1Cl. The van der Waals surface area contributed by atoms with Crippen molar-refractivity contribution in [3.8, 4) is 0 Å². The number of thiophene rings is 1. The summed E-state index contributed by atoms with van der Waals surface area (Å²) in [6.07, 6.45) is 0.526. The van der Waals surface area contributed by atoms with Crippen molar-refractivity contribution in [1.82, 2.24) is 0 Å². The van der Waals surface area contributed by atoms with Gasteiger partial charge in [0, 0.05) is 27.9 Å². The highest BCUT2D eigenvalue weighted by Gasteiger charge is 2.16. The summed E-state index contributed by atoms with van der Waals surface area (Å²) in [5.74, 6) is -0.368. The first kappa shape index (κ1) is 12.8. The molecule has 2 N–H and O–H groups in total. The van der Waals surface area contributed by atoms with E-state index in [9.17, 15) is 4.39 Å². The van der Waals surface area contributed by atoms with E-state index >= 15 is 0 Å². The molecule has 0 aliphatic carbocycles. The van der Waals surface area contributed by atoms with Crippen molar-refractivity contribution in [2.75, 3.05) is 0 Å². The minimum absolute atomic E-state index is 0.360. The fourth-order valence-electron chi connectivity index (χ4n) is 1.65. The third-order valence-corrected chi connectivity index (χ3v) is 4.00. The van der Waals surface area contributed by atoms with Crippen LogP contribution in [0.4, 0.5) is 4.39 Å². The van der Waals surface area contributed by atoms with E-state index in [4.69, 9.17) is 28.9 Å². The van der Waals surface area contributed by atoms with Gasteiger partial charge in [-0.05, 0) is 24.3 Å². The largest absolute Gasteiger partial charge is 0.324 e. The lowest BCUT2D eigenvalue weighted by atomic mass is 10.0. The zero-order valence-electron chi connectivity index (χ0n) is 8.79. The second-order valence-electron chi connectivity index (χ2n) is 3.65. The van der Waals surface area contributed by atoms with Crippen LogP contribution >= 0.6 is 34.5 Å². The van der Waals surface area contributed by atoms with Gasteiger partial charge in [-0.25, -0.2) is 4.39 Å². The van der Waals surface area contributed by atoms with Crippen molar-refractivity contribution < 1.29 is 4.39 Å². The van der Waals surface area contributed by atoms with E-state index in [2.05, 4.69) is 0 Å². The highest BCUT2D eigenvalue weighted by atomic mass is 35.5. The van der Waals surface area contributed by atoms with Crippen LogP contribution < -0.4 is 5.73 Å². The summed E-state index contributed by atoms with van der Waals surface area (Å²) < 4.78 is 14.3. The van der Waals surface area contributed by atoms with Crippen molar-refractivity contribution in [2.45, 2.75) is 12.5 Å². The predicted octanol–water partition coefficient (Wildman–Crippen LogP) is 4.44. The lowest BCUT2D eigenvalue weighted by Gasteiger charge is -2.13. The van der Waals surface area contributed by atoms with Gasteiger partial charge in [0.25, 0.3) is 0 Å². The molecule has 0 saturated carbocycles. The normalized spacial score (nSPS) is 12.7. The number of halogens is 3. The van der Waals surface area contributed by atoms with Gasteiger partial charge in [0.1, 0.15) is 5.82 Å². The maximum atomic E-state index is 13.6. The first-order valence-corrected chi connectivity index (χ1v) is 6.59. The summed E-state index contributed by atoms with van der Waals surface area (Å²) in [5, 5.41) is 0.361. The van der Waals surface area contributed by atoms with Gasteiger partial charge in [-0.3, -0.25) is 0 Å². The molecule has 0 amide bonds. The molecule has 0 bridgehead atoms. The molecule has 1 unspecified atom stereocenters. The van der Waals surface area contributed by atoms with Crippen LogP contribution in [0.15, 0.2) is 30.3 Å². The van der Waals surface area contributed by atoms with Gasteiger partial charge in [-0.15, -0.1) is 11.3 Å². The molecule has 1 nitrogen and oxygen atoms in total. The van der Waals surface area contributed by atoms with Crippen molar-refractivity contribution in [3.05, 3.63) is 55.9 Å². The van der Waals surface area contributed by atoms with Crippen molar-refractivity contribution in [3.63, 3.8) is 0 Å². The minimum Gasteiger partial charge on any atom is -0.324 e. The first-order chi connectivity index (χ1) is 8.08. The molecule has 0 aliphatic heterocycles. The number of nitrogens with two attached hydrogens (primary N) is 1. The third kappa shape index (κ3) is 2.99. The van der Waals surface area contributed by atoms with Crippen LogP contribution in [0.3, 0.4) is 0 Å². The van der Waals surface area contributed by atoms with Crippen LogP contribution in [0.1, 0.15) is 16.5 Å². The zero-order chi connectivity index (χ0) is 12.4. The van der Waals surface area contributed by atoms with E-state index in [0.717, 1.165) is 4.88 Å². The van der Waals surface area contributed by atoms with Crippen molar-refractivity contribution in [1.29, 1.82) is 0 Å². The van der Waals surface area contributed by atoms with Crippen molar-refractivity contribution >= 4 is 34.5 Å². The minimum atomic E-state index is -0.460. The molecular weight excluding hydrogens is 280 g/mol. The summed E-state index contributed by atoms with van der Waals surface area (Å²) in [6, 6.07) is 7.80. The molecule has 17 heavy (non-hydrogen) atoms. The maximum absolute atomic E-state index is 13.6. The van der Waals surface area contributed by atoms with Crippen LogP contribution in [0.2, 0.25) is 9.36 Å². The van der Waals surface area contributed by atoms with Gasteiger partial charge in [0.15, 0.2) is 0 Å². The average Bonchev–Trinajstić information content (AvgIpc) is 2.63. The van der Waals surface area contributed by atoms with Gasteiger partial charge >= 0.3 is 0 Å². The van der Waals surface area contributed by atoms with Gasteiger partial charge in [0.2, 0.25) is 0 Å². The highest BCUT2D eigenvalue weighted by molar-refractivity contribution is 7.16. The Bertz CT molecular complexity index is 507. The number of benzene rings is 1. The van der Waals surface area contributed by atoms with Crippen LogP contribution in [-0.4, -0.2) is 0 Å². The molecular formula is C12H10Cl2FNS. The monoisotopic (exact) mass is 289 g/mol. The standard InChI is InChI=1S/C12H10Cl2FNS/c13-8-2-1-3-9(15)12(8)10(16)6-7-4-5-11(14)17-7/h1-5,10H,6,16H2. The Morgan fingerprint density at radius 1 is 1.24 bits per heavy atom. The van der Waals surface area contributed by atoms with E-state index in [1.807, 2.05) is 6.07 Å². The van der Waals surface area contributed by atoms with Crippen LogP contribution in [0.5, 0.6) is 0 Å². The van der Waals surface area contributed by atoms with Gasteiger partial charge < -0.3 is 5.73 Å². The molecule has 5 heteroatoms. The quantitative estimate of drug-likeness (QED) is 0.888. The summed E-state index contributed by atoms with van der Waals surface area (Å²) in [6.45, 7) is 0. The zero-order valence-corrected chi connectivity index (χ0v) is 11.1. The number of rotatable bonds is 3. The van der Waals surface area contributed by atoms with E-state index in [1.165, 1.54) is 17.4 Å². The summed E-state index contributed by atoms with van der Waals surface area (Å²) in [7, 11) is 0. The Morgan fingerprint density at radius 2 is 2.00 bits per heavy atom. The molecule has 0 spiro atoms. The molecule has 2 aromatic rings. The molecule has 1 atom stereocenters. The highest BCUT2D eigenvalue weighted by Crippen LogP contribution is 2.29. The smallest absolute Gasteiger partial charge is 0.129 e. The lowest BCUT2D eigenvalue weighted by molar-refractivity contribution is 0.582. The molecule has 0 radical (unpaired) electrons. The molecule has 1 aromatic heterocycles. The lowest BCUT2D eigenvalue weighted by Crippen LogP contribution is -2.15. The summed E-state index contributed by atoms with van der Waals surface area (Å²) in [5.41, 5.74) is 6.34. The van der Waals surface area contributed by atoms with E-state index in [0.29, 0.717) is 21.3 Å². The van der Waals surface area contributed by atoms with Gasteiger partial charge in [-0.1, -0.05) is 29.3 Å². The van der Waals surface area contributed by atoms with Crippen LogP contribution in [-0.2, 0) is 6.42 Å². The molecule has 0 aliphatic rings. The Kier molecular flexibility index (Phi) is 4.05. The van der Waals surface area contributed by atoms with E-state index < -0.39 is 6.04 Å². The molecule has 0 saturated heterocycles. The molecule has 1 aromatic carbocycles. The number of hydrogen-bond acceptors (Lipinski definition) is 2. The summed E-state index contributed by atoms with van der Waals surface area (Å²) >= 11 is 13.2. The van der Waals surface area contributed by atoms with Gasteiger partial charge in [-0.2, -0.15) is 0 Å². The average molecular weight is 290 g/mol. The van der Waals surface area contributed by atoms with Crippen LogP contribution in [0, 0.1) is 5.82 Å². The second kappa shape index (κ2) is 5.36. The number of hydrogen-bond donors (Lipinski definition) is 1. The molecule has 1 heterocycles. The van der Waals surface area contributed by atoms with Gasteiger partial charge in [0.05, 0.1) is 4.34 Å². The topological polar surface area (TPSA) is 26.0 Å². The predicted molar refractivity (Wildman–Crippen MR) is 71.4 cm³/mol. The van der Waals surface area contributed by atoms with Crippen LogP contribution in [0.25, 0.3) is 0 Å². The first-order valence-electron chi connectivity index (χ1n) is 5.01. The fraction of sp³-hybridized carbons (Fsp3) is 0.167. The molecule has 0 fully saturated rings. The Hall–Kier alpha value is -0.610. The fourth-order valence-corrected chi connectivity index (χ4v) is 3.09. The Labute approximate surface area is 113 Å². The van der Waals surface area contributed by atoms with Crippen molar-refractivity contribution in [2.24, 2.45) is 5.73 Å². The van der Waals surface area contributed by atoms with E-state index in [1.54, 1.807) is 18.2 Å². The Balaban J connectivity index is 2.22. The van der Waals surface area contributed by atoms with E-state index in [-0.39, 0.29) is 5.82 Å². The molecule has 2 rings (SSSR count).